The molecule has 0 spiro atoms. The minimum absolute atomic E-state index is 0. The standard InChI is InChI=1S/C14H21N3OS.2ClH/c18-14(12-3-4-15-10-12)17-7-5-16(6-8-17)11-13-2-1-9-19-13;;/h1-2,9,12,15H,3-8,10-11H2;2*1H. The second kappa shape index (κ2) is 8.96. The number of carbonyl (C=O) groups excluding carboxylic acids is 1. The van der Waals surface area contributed by atoms with Crippen molar-refractivity contribution in [2.45, 2.75) is 13.0 Å². The number of halogens is 2. The Bertz CT molecular complexity index is 416. The molecule has 2 fully saturated rings. The minimum Gasteiger partial charge on any atom is -0.340 e. The quantitative estimate of drug-likeness (QED) is 0.902. The van der Waals surface area contributed by atoms with Gasteiger partial charge in [0, 0.05) is 44.1 Å². The topological polar surface area (TPSA) is 35.6 Å². The normalized spacial score (nSPS) is 22.5. The van der Waals surface area contributed by atoms with Crippen LogP contribution in [0, 0.1) is 5.92 Å². The molecule has 2 aliphatic heterocycles. The fraction of sp³-hybridized carbons (Fsp3) is 0.643. The Morgan fingerprint density at radius 1 is 1.29 bits per heavy atom. The van der Waals surface area contributed by atoms with Crippen molar-refractivity contribution in [3.8, 4) is 0 Å². The van der Waals surface area contributed by atoms with Gasteiger partial charge in [-0.25, -0.2) is 0 Å². The second-order valence-electron chi connectivity index (χ2n) is 5.37. The zero-order valence-corrected chi connectivity index (χ0v) is 14.4. The molecule has 0 radical (unpaired) electrons. The van der Waals surface area contributed by atoms with E-state index in [1.165, 1.54) is 4.88 Å². The highest BCUT2D eigenvalue weighted by Gasteiger charge is 2.29. The predicted octanol–water partition coefficient (Wildman–Crippen LogP) is 1.85. The third kappa shape index (κ3) is 4.83. The summed E-state index contributed by atoms with van der Waals surface area (Å²) in [6, 6.07) is 4.29. The lowest BCUT2D eigenvalue weighted by atomic mass is 10.1. The molecule has 21 heavy (non-hydrogen) atoms. The Morgan fingerprint density at radius 3 is 2.62 bits per heavy atom. The van der Waals surface area contributed by atoms with Crippen LogP contribution >= 0.6 is 36.2 Å². The fourth-order valence-electron chi connectivity index (χ4n) is 2.87. The number of nitrogens with zero attached hydrogens (tertiary/aromatic N) is 2. The van der Waals surface area contributed by atoms with Crippen molar-refractivity contribution < 1.29 is 4.79 Å². The number of piperazine rings is 1. The summed E-state index contributed by atoms with van der Waals surface area (Å²) in [4.78, 5) is 18.2. The predicted molar refractivity (Wildman–Crippen MR) is 91.6 cm³/mol. The molecule has 1 unspecified atom stereocenters. The summed E-state index contributed by atoms with van der Waals surface area (Å²) in [7, 11) is 0. The molecule has 2 saturated heterocycles. The molecule has 0 saturated carbocycles. The van der Waals surface area contributed by atoms with Crippen LogP contribution in [-0.2, 0) is 11.3 Å². The first kappa shape index (κ1) is 18.7. The first-order valence-electron chi connectivity index (χ1n) is 7.07. The molecule has 1 N–H and O–H groups in total. The third-order valence-corrected chi connectivity index (χ3v) is 4.91. The van der Waals surface area contributed by atoms with Gasteiger partial charge in [-0.2, -0.15) is 0 Å². The van der Waals surface area contributed by atoms with E-state index in [1.807, 2.05) is 11.3 Å². The van der Waals surface area contributed by atoms with Gasteiger partial charge in [-0.1, -0.05) is 6.07 Å². The first-order valence-corrected chi connectivity index (χ1v) is 7.95. The van der Waals surface area contributed by atoms with Crippen molar-refractivity contribution in [3.63, 3.8) is 0 Å². The Labute approximate surface area is 142 Å². The van der Waals surface area contributed by atoms with Gasteiger partial charge in [0.2, 0.25) is 5.91 Å². The average Bonchev–Trinajstić information content (AvgIpc) is 3.12. The molecule has 0 aromatic carbocycles. The van der Waals surface area contributed by atoms with Gasteiger partial charge in [0.05, 0.1) is 5.92 Å². The molecule has 0 aliphatic carbocycles. The van der Waals surface area contributed by atoms with Gasteiger partial charge in [0.15, 0.2) is 0 Å². The molecule has 1 amide bonds. The highest BCUT2D eigenvalue weighted by atomic mass is 35.5. The maximum atomic E-state index is 12.3. The van der Waals surface area contributed by atoms with Crippen LogP contribution in [0.2, 0.25) is 0 Å². The highest BCUT2D eigenvalue weighted by molar-refractivity contribution is 7.09. The Kier molecular flexibility index (Phi) is 7.98. The molecule has 1 aromatic heterocycles. The van der Waals surface area contributed by atoms with E-state index in [0.29, 0.717) is 5.91 Å². The van der Waals surface area contributed by atoms with Crippen LogP contribution in [0.5, 0.6) is 0 Å². The van der Waals surface area contributed by atoms with Gasteiger partial charge in [-0.3, -0.25) is 9.69 Å². The van der Waals surface area contributed by atoms with Gasteiger partial charge in [-0.05, 0) is 24.4 Å². The highest BCUT2D eigenvalue weighted by Crippen LogP contribution is 2.16. The lowest BCUT2D eigenvalue weighted by Gasteiger charge is -2.35. The lowest BCUT2D eigenvalue weighted by molar-refractivity contribution is -0.136. The van der Waals surface area contributed by atoms with Crippen LogP contribution in [0.25, 0.3) is 0 Å². The third-order valence-electron chi connectivity index (χ3n) is 4.05. The summed E-state index contributed by atoms with van der Waals surface area (Å²) in [5.74, 6) is 0.588. The largest absolute Gasteiger partial charge is 0.340 e. The summed E-state index contributed by atoms with van der Waals surface area (Å²) < 4.78 is 0. The zero-order valence-electron chi connectivity index (χ0n) is 12.0. The fourth-order valence-corrected chi connectivity index (χ4v) is 3.62. The summed E-state index contributed by atoms with van der Waals surface area (Å²) in [5.41, 5.74) is 0. The number of thiophene rings is 1. The number of carbonyl (C=O) groups is 1. The van der Waals surface area contributed by atoms with E-state index in [-0.39, 0.29) is 30.7 Å². The molecule has 2 aliphatic rings. The summed E-state index contributed by atoms with van der Waals surface area (Å²) in [6.07, 6.45) is 1.01. The van der Waals surface area contributed by atoms with Gasteiger partial charge < -0.3 is 10.2 Å². The summed E-state index contributed by atoms with van der Waals surface area (Å²) in [5, 5.41) is 5.40. The number of hydrogen-bond donors (Lipinski definition) is 1. The van der Waals surface area contributed by atoms with Gasteiger partial charge >= 0.3 is 0 Å². The van der Waals surface area contributed by atoms with Crippen molar-refractivity contribution >= 4 is 42.1 Å². The summed E-state index contributed by atoms with van der Waals surface area (Å²) in [6.45, 7) is 6.68. The van der Waals surface area contributed by atoms with E-state index >= 15 is 0 Å². The average molecular weight is 352 g/mol. The summed E-state index contributed by atoms with van der Waals surface area (Å²) >= 11 is 1.81. The van der Waals surface area contributed by atoms with Crippen molar-refractivity contribution in [3.05, 3.63) is 22.4 Å². The van der Waals surface area contributed by atoms with E-state index in [4.69, 9.17) is 0 Å². The van der Waals surface area contributed by atoms with E-state index in [1.54, 1.807) is 0 Å². The van der Waals surface area contributed by atoms with Crippen LogP contribution in [0.15, 0.2) is 17.5 Å². The van der Waals surface area contributed by atoms with E-state index < -0.39 is 0 Å². The van der Waals surface area contributed by atoms with E-state index in [0.717, 1.165) is 52.2 Å². The molecule has 120 valence electrons. The molecule has 3 rings (SSSR count). The van der Waals surface area contributed by atoms with E-state index in [9.17, 15) is 4.79 Å². The van der Waals surface area contributed by atoms with Gasteiger partial charge in [-0.15, -0.1) is 36.2 Å². The molecule has 0 bridgehead atoms. The maximum absolute atomic E-state index is 12.3. The first-order chi connectivity index (χ1) is 9.33. The van der Waals surface area contributed by atoms with Crippen LogP contribution < -0.4 is 5.32 Å². The zero-order chi connectivity index (χ0) is 13.1. The van der Waals surface area contributed by atoms with Crippen molar-refractivity contribution in [2.24, 2.45) is 5.92 Å². The van der Waals surface area contributed by atoms with Crippen LogP contribution in [0.3, 0.4) is 0 Å². The second-order valence-corrected chi connectivity index (χ2v) is 6.40. The van der Waals surface area contributed by atoms with Crippen LogP contribution in [-0.4, -0.2) is 55.0 Å². The van der Waals surface area contributed by atoms with E-state index in [2.05, 4.69) is 32.6 Å². The SMILES string of the molecule is Cl.Cl.O=C(C1CCNC1)N1CCN(Cc2cccs2)CC1. The maximum Gasteiger partial charge on any atom is 0.227 e. The van der Waals surface area contributed by atoms with Gasteiger partial charge in [0.1, 0.15) is 0 Å². The number of rotatable bonds is 3. The molecule has 1 aromatic rings. The lowest BCUT2D eigenvalue weighted by Crippen LogP contribution is -2.50. The van der Waals surface area contributed by atoms with Crippen molar-refractivity contribution in [1.29, 1.82) is 0 Å². The van der Waals surface area contributed by atoms with Gasteiger partial charge in [0.25, 0.3) is 0 Å². The molecular formula is C14H23Cl2N3OS. The molecule has 7 heteroatoms. The number of amides is 1. The monoisotopic (exact) mass is 351 g/mol. The molecular weight excluding hydrogens is 329 g/mol. The van der Waals surface area contributed by atoms with Crippen molar-refractivity contribution in [2.75, 3.05) is 39.3 Å². The number of nitrogens with one attached hydrogen (secondary N) is 1. The molecule has 4 nitrogen and oxygen atoms in total. The van der Waals surface area contributed by atoms with Crippen molar-refractivity contribution in [1.82, 2.24) is 15.1 Å². The molecule has 3 heterocycles. The minimum atomic E-state index is 0. The number of hydrogen-bond acceptors (Lipinski definition) is 4. The molecule has 1 atom stereocenters. The Balaban J connectivity index is 0.00000110. The Hall–Kier alpha value is -0.330. The Morgan fingerprint density at radius 2 is 2.05 bits per heavy atom. The smallest absolute Gasteiger partial charge is 0.227 e. The van der Waals surface area contributed by atoms with Crippen LogP contribution in [0.4, 0.5) is 0 Å². The van der Waals surface area contributed by atoms with Crippen LogP contribution in [0.1, 0.15) is 11.3 Å².